The highest BCUT2D eigenvalue weighted by Gasteiger charge is 2.26. The normalized spacial score (nSPS) is 15.0. The molecule has 126 valence electrons. The van der Waals surface area contributed by atoms with Crippen LogP contribution >= 0.6 is 11.6 Å². The summed E-state index contributed by atoms with van der Waals surface area (Å²) >= 11 is 5.94. The van der Waals surface area contributed by atoms with Crippen LogP contribution in [0, 0.1) is 11.6 Å². The fraction of sp³-hybridized carbons (Fsp3) is 0.267. The molecule has 1 aromatic heterocycles. The van der Waals surface area contributed by atoms with E-state index in [1.54, 1.807) is 4.90 Å². The number of benzene rings is 1. The predicted octanol–water partition coefficient (Wildman–Crippen LogP) is 1.55. The molecule has 0 spiro atoms. The van der Waals surface area contributed by atoms with E-state index in [1.807, 2.05) is 0 Å². The average Bonchev–Trinajstić information content (AvgIpc) is 2.54. The van der Waals surface area contributed by atoms with Crippen molar-refractivity contribution in [2.24, 2.45) is 0 Å². The number of anilines is 1. The maximum absolute atomic E-state index is 13.7. The fourth-order valence-corrected chi connectivity index (χ4v) is 2.74. The standard InChI is InChI=1S/C15H13ClF2N4O2/c16-14-12(6-19-20-15(14)24)21-3-4-22(13(23)8-21)7-9-1-2-10(17)5-11(9)18/h1-2,5-6H,3-4,7-8H2,(H,20,24). The van der Waals surface area contributed by atoms with E-state index in [2.05, 4.69) is 10.2 Å². The molecule has 1 amide bonds. The number of aromatic amines is 1. The minimum Gasteiger partial charge on any atom is -0.358 e. The zero-order chi connectivity index (χ0) is 17.3. The number of nitrogens with one attached hydrogen (secondary N) is 1. The van der Waals surface area contributed by atoms with Gasteiger partial charge in [-0.25, -0.2) is 13.9 Å². The number of piperazine rings is 1. The monoisotopic (exact) mass is 354 g/mol. The molecule has 1 aromatic carbocycles. The summed E-state index contributed by atoms with van der Waals surface area (Å²) in [6.45, 7) is 0.784. The molecule has 2 aromatic rings. The number of amides is 1. The van der Waals surface area contributed by atoms with Crippen LogP contribution in [0.5, 0.6) is 0 Å². The molecule has 6 nitrogen and oxygen atoms in total. The molecule has 0 saturated carbocycles. The Morgan fingerprint density at radius 2 is 2.04 bits per heavy atom. The summed E-state index contributed by atoms with van der Waals surface area (Å²) in [5.41, 5.74) is 0.0906. The first-order chi connectivity index (χ1) is 11.5. The molecule has 1 aliphatic rings. The molecule has 9 heteroatoms. The molecule has 2 heterocycles. The lowest BCUT2D eigenvalue weighted by Crippen LogP contribution is -2.50. The van der Waals surface area contributed by atoms with E-state index in [0.717, 1.165) is 12.1 Å². The summed E-state index contributed by atoms with van der Waals surface area (Å²) in [6, 6.07) is 3.26. The first kappa shape index (κ1) is 16.4. The van der Waals surface area contributed by atoms with Crippen LogP contribution in [-0.2, 0) is 11.3 Å². The van der Waals surface area contributed by atoms with Crippen molar-refractivity contribution in [3.8, 4) is 0 Å². The second-order valence-electron chi connectivity index (χ2n) is 5.37. The lowest BCUT2D eigenvalue weighted by Gasteiger charge is -2.35. The lowest BCUT2D eigenvalue weighted by molar-refractivity contribution is -0.131. The Kier molecular flexibility index (Phi) is 4.48. The van der Waals surface area contributed by atoms with E-state index in [1.165, 1.54) is 17.2 Å². The van der Waals surface area contributed by atoms with Crippen LogP contribution < -0.4 is 10.5 Å². The summed E-state index contributed by atoms with van der Waals surface area (Å²) in [6.07, 6.45) is 1.38. The van der Waals surface area contributed by atoms with Crippen LogP contribution in [0.15, 0.2) is 29.2 Å². The third kappa shape index (κ3) is 3.23. The summed E-state index contributed by atoms with van der Waals surface area (Å²) < 4.78 is 26.7. The van der Waals surface area contributed by atoms with Crippen molar-refractivity contribution in [3.05, 3.63) is 57.0 Å². The van der Waals surface area contributed by atoms with Gasteiger partial charge in [-0.2, -0.15) is 5.10 Å². The highest BCUT2D eigenvalue weighted by Crippen LogP contribution is 2.23. The Morgan fingerprint density at radius 3 is 2.75 bits per heavy atom. The third-order valence-corrected chi connectivity index (χ3v) is 4.18. The van der Waals surface area contributed by atoms with E-state index >= 15 is 0 Å². The molecular weight excluding hydrogens is 342 g/mol. The van der Waals surface area contributed by atoms with E-state index < -0.39 is 17.2 Å². The van der Waals surface area contributed by atoms with Crippen molar-refractivity contribution in [1.29, 1.82) is 0 Å². The Bertz CT molecular complexity index is 842. The number of carbonyl (C=O) groups excluding carboxylic acids is 1. The molecule has 0 radical (unpaired) electrons. The highest BCUT2D eigenvalue weighted by atomic mass is 35.5. The van der Waals surface area contributed by atoms with Crippen molar-refractivity contribution in [2.75, 3.05) is 24.5 Å². The van der Waals surface area contributed by atoms with Gasteiger partial charge in [0.05, 0.1) is 18.4 Å². The number of aromatic nitrogens is 2. The van der Waals surface area contributed by atoms with Crippen LogP contribution in [0.2, 0.25) is 5.02 Å². The summed E-state index contributed by atoms with van der Waals surface area (Å²) in [7, 11) is 0. The molecule has 0 aliphatic carbocycles. The van der Waals surface area contributed by atoms with Crippen molar-refractivity contribution in [3.63, 3.8) is 0 Å². The van der Waals surface area contributed by atoms with Gasteiger partial charge in [0.15, 0.2) is 0 Å². The molecular formula is C15H13ClF2N4O2. The van der Waals surface area contributed by atoms with Crippen molar-refractivity contribution in [2.45, 2.75) is 6.54 Å². The fourth-order valence-electron chi connectivity index (χ4n) is 2.53. The summed E-state index contributed by atoms with van der Waals surface area (Å²) in [5, 5.41) is 5.86. The van der Waals surface area contributed by atoms with Crippen LogP contribution in [-0.4, -0.2) is 40.6 Å². The maximum atomic E-state index is 13.7. The number of H-pyrrole nitrogens is 1. The van der Waals surface area contributed by atoms with Crippen LogP contribution in [0.3, 0.4) is 0 Å². The summed E-state index contributed by atoms with van der Waals surface area (Å²) in [4.78, 5) is 26.9. The molecule has 1 aliphatic heterocycles. The first-order valence-electron chi connectivity index (χ1n) is 7.15. The first-order valence-corrected chi connectivity index (χ1v) is 7.53. The zero-order valence-electron chi connectivity index (χ0n) is 12.4. The lowest BCUT2D eigenvalue weighted by atomic mass is 10.1. The third-order valence-electron chi connectivity index (χ3n) is 3.81. The topological polar surface area (TPSA) is 69.3 Å². The van der Waals surface area contributed by atoms with Crippen molar-refractivity contribution >= 4 is 23.2 Å². The smallest absolute Gasteiger partial charge is 0.285 e. The van der Waals surface area contributed by atoms with E-state index in [9.17, 15) is 18.4 Å². The van der Waals surface area contributed by atoms with Gasteiger partial charge in [-0.15, -0.1) is 0 Å². The Morgan fingerprint density at radius 1 is 1.25 bits per heavy atom. The molecule has 3 rings (SSSR count). The SMILES string of the molecule is O=C1CN(c2cn[nH]c(=O)c2Cl)CCN1Cc1ccc(F)cc1F. The molecule has 0 bridgehead atoms. The Hall–Kier alpha value is -2.48. The molecule has 1 saturated heterocycles. The number of halogens is 3. The van der Waals surface area contributed by atoms with Crippen molar-refractivity contribution < 1.29 is 13.6 Å². The van der Waals surface area contributed by atoms with Crippen LogP contribution in [0.25, 0.3) is 0 Å². The number of nitrogens with zero attached hydrogens (tertiary/aromatic N) is 3. The second-order valence-corrected chi connectivity index (χ2v) is 5.75. The maximum Gasteiger partial charge on any atom is 0.285 e. The number of hydrogen-bond acceptors (Lipinski definition) is 4. The predicted molar refractivity (Wildman–Crippen MR) is 83.9 cm³/mol. The zero-order valence-corrected chi connectivity index (χ0v) is 13.2. The molecule has 24 heavy (non-hydrogen) atoms. The molecule has 1 fully saturated rings. The summed E-state index contributed by atoms with van der Waals surface area (Å²) in [5.74, 6) is -1.60. The number of carbonyl (C=O) groups is 1. The molecule has 0 atom stereocenters. The minimum atomic E-state index is -0.688. The number of rotatable bonds is 3. The largest absolute Gasteiger partial charge is 0.358 e. The van der Waals surface area contributed by atoms with Gasteiger partial charge >= 0.3 is 0 Å². The Labute approximate surface area is 140 Å². The van der Waals surface area contributed by atoms with Crippen LogP contribution in [0.4, 0.5) is 14.5 Å². The Balaban J connectivity index is 1.72. The number of hydrogen-bond donors (Lipinski definition) is 1. The van der Waals surface area contributed by atoms with Gasteiger partial charge in [0, 0.05) is 31.3 Å². The van der Waals surface area contributed by atoms with E-state index in [4.69, 9.17) is 11.6 Å². The van der Waals surface area contributed by atoms with Gasteiger partial charge in [-0.1, -0.05) is 17.7 Å². The highest BCUT2D eigenvalue weighted by molar-refractivity contribution is 6.33. The van der Waals surface area contributed by atoms with Gasteiger partial charge in [0.25, 0.3) is 5.56 Å². The quantitative estimate of drug-likeness (QED) is 0.908. The van der Waals surface area contributed by atoms with Gasteiger partial charge < -0.3 is 9.80 Å². The van der Waals surface area contributed by atoms with Crippen LogP contribution in [0.1, 0.15) is 5.56 Å². The minimum absolute atomic E-state index is 0.00628. The molecule has 0 unspecified atom stereocenters. The average molecular weight is 355 g/mol. The van der Waals surface area contributed by atoms with Gasteiger partial charge in [0.1, 0.15) is 16.7 Å². The van der Waals surface area contributed by atoms with E-state index in [-0.39, 0.29) is 29.6 Å². The molecule has 1 N–H and O–H groups in total. The van der Waals surface area contributed by atoms with Gasteiger partial charge in [-0.3, -0.25) is 9.59 Å². The van der Waals surface area contributed by atoms with E-state index in [0.29, 0.717) is 18.8 Å². The van der Waals surface area contributed by atoms with Crippen molar-refractivity contribution in [1.82, 2.24) is 15.1 Å². The van der Waals surface area contributed by atoms with Gasteiger partial charge in [0.2, 0.25) is 5.91 Å². The second kappa shape index (κ2) is 6.56. The van der Waals surface area contributed by atoms with Gasteiger partial charge in [-0.05, 0) is 6.07 Å².